The highest BCUT2D eigenvalue weighted by Crippen LogP contribution is 2.19. The van der Waals surface area contributed by atoms with E-state index in [1.165, 1.54) is 18.2 Å². The van der Waals surface area contributed by atoms with Crippen LogP contribution in [0.5, 0.6) is 0 Å². The number of anilines is 1. The summed E-state index contributed by atoms with van der Waals surface area (Å²) in [5.41, 5.74) is 2.55. The molecule has 0 aliphatic heterocycles. The van der Waals surface area contributed by atoms with Gasteiger partial charge in [-0.1, -0.05) is 24.3 Å². The third-order valence-corrected chi connectivity index (χ3v) is 3.59. The minimum absolute atomic E-state index is 0.0885. The molecular weight excluding hydrogens is 339 g/mol. The lowest BCUT2D eigenvalue weighted by Crippen LogP contribution is -2.32. The van der Waals surface area contributed by atoms with E-state index in [1.54, 1.807) is 0 Å². The van der Waals surface area contributed by atoms with Crippen LogP contribution in [0.25, 0.3) is 0 Å². The van der Waals surface area contributed by atoms with Crippen molar-refractivity contribution in [1.82, 2.24) is 5.32 Å². The van der Waals surface area contributed by atoms with Crippen LogP contribution >= 0.6 is 0 Å². The molecule has 0 fully saturated rings. The SMILES string of the molecule is Cc1cccc(C)c1NC(=O)COC(=O)CNC(=O)c1cccc(F)c1. The van der Waals surface area contributed by atoms with E-state index in [0.29, 0.717) is 5.69 Å². The second kappa shape index (κ2) is 8.75. The van der Waals surface area contributed by atoms with Gasteiger partial charge in [-0.25, -0.2) is 4.39 Å². The fraction of sp³-hybridized carbons (Fsp3) is 0.211. The lowest BCUT2D eigenvalue weighted by atomic mass is 10.1. The highest BCUT2D eigenvalue weighted by atomic mass is 19.1. The number of aryl methyl sites for hydroxylation is 2. The zero-order valence-corrected chi connectivity index (χ0v) is 14.5. The van der Waals surface area contributed by atoms with E-state index in [9.17, 15) is 18.8 Å². The number of rotatable bonds is 6. The summed E-state index contributed by atoms with van der Waals surface area (Å²) >= 11 is 0. The zero-order chi connectivity index (χ0) is 19.1. The molecule has 2 rings (SSSR count). The number of hydrogen-bond donors (Lipinski definition) is 2. The van der Waals surface area contributed by atoms with Crippen LogP contribution in [0.3, 0.4) is 0 Å². The summed E-state index contributed by atoms with van der Waals surface area (Å²) in [6.45, 7) is 2.82. The van der Waals surface area contributed by atoms with Crippen LogP contribution in [0, 0.1) is 19.7 Å². The summed E-state index contributed by atoms with van der Waals surface area (Å²) in [5, 5.41) is 4.99. The molecule has 6 nitrogen and oxygen atoms in total. The number of benzene rings is 2. The van der Waals surface area contributed by atoms with Crippen molar-refractivity contribution in [3.63, 3.8) is 0 Å². The lowest BCUT2D eigenvalue weighted by Gasteiger charge is -2.11. The Balaban J connectivity index is 1.78. The molecule has 0 bridgehead atoms. The molecule has 7 heteroatoms. The summed E-state index contributed by atoms with van der Waals surface area (Å²) in [4.78, 5) is 35.3. The monoisotopic (exact) mass is 358 g/mol. The Morgan fingerprint density at radius 1 is 1.04 bits per heavy atom. The predicted octanol–water partition coefficient (Wildman–Crippen LogP) is 2.35. The van der Waals surface area contributed by atoms with Crippen molar-refractivity contribution in [3.8, 4) is 0 Å². The fourth-order valence-electron chi connectivity index (χ4n) is 2.27. The van der Waals surface area contributed by atoms with Gasteiger partial charge in [0.1, 0.15) is 12.4 Å². The molecule has 26 heavy (non-hydrogen) atoms. The summed E-state index contributed by atoms with van der Waals surface area (Å²) in [6.07, 6.45) is 0. The zero-order valence-electron chi connectivity index (χ0n) is 14.5. The number of halogens is 1. The Labute approximate surface area is 150 Å². The van der Waals surface area contributed by atoms with Gasteiger partial charge in [-0.2, -0.15) is 0 Å². The molecule has 0 unspecified atom stereocenters. The second-order valence-corrected chi connectivity index (χ2v) is 5.67. The van der Waals surface area contributed by atoms with Crippen LogP contribution in [-0.4, -0.2) is 30.9 Å². The minimum atomic E-state index is -0.772. The molecule has 0 spiro atoms. The van der Waals surface area contributed by atoms with Gasteiger partial charge in [-0.15, -0.1) is 0 Å². The molecule has 0 aliphatic carbocycles. The molecule has 0 saturated carbocycles. The van der Waals surface area contributed by atoms with Crippen LogP contribution in [-0.2, 0) is 14.3 Å². The van der Waals surface area contributed by atoms with Gasteiger partial charge in [0, 0.05) is 11.3 Å². The van der Waals surface area contributed by atoms with Crippen LogP contribution in [0.15, 0.2) is 42.5 Å². The van der Waals surface area contributed by atoms with Gasteiger partial charge >= 0.3 is 5.97 Å². The summed E-state index contributed by atoms with van der Waals surface area (Å²) in [7, 11) is 0. The van der Waals surface area contributed by atoms with Crippen molar-refractivity contribution in [2.75, 3.05) is 18.5 Å². The summed E-state index contributed by atoms with van der Waals surface area (Å²) in [6, 6.07) is 10.7. The van der Waals surface area contributed by atoms with E-state index in [0.717, 1.165) is 17.2 Å². The van der Waals surface area contributed by atoms with E-state index >= 15 is 0 Å². The van der Waals surface area contributed by atoms with Crippen LogP contribution in [0.2, 0.25) is 0 Å². The molecule has 0 aromatic heterocycles. The average molecular weight is 358 g/mol. The number of hydrogen-bond acceptors (Lipinski definition) is 4. The molecule has 2 amide bonds. The molecule has 0 atom stereocenters. The molecule has 2 aromatic carbocycles. The fourth-order valence-corrected chi connectivity index (χ4v) is 2.27. The topological polar surface area (TPSA) is 84.5 Å². The Bertz CT molecular complexity index is 816. The number of ether oxygens (including phenoxy) is 1. The first-order chi connectivity index (χ1) is 12.4. The highest BCUT2D eigenvalue weighted by molar-refractivity contribution is 5.97. The van der Waals surface area contributed by atoms with Crippen LogP contribution in [0.1, 0.15) is 21.5 Å². The van der Waals surface area contributed by atoms with E-state index in [2.05, 4.69) is 10.6 Å². The number of carbonyl (C=O) groups excluding carboxylic acids is 3. The van der Waals surface area contributed by atoms with Crippen molar-refractivity contribution >= 4 is 23.5 Å². The highest BCUT2D eigenvalue weighted by Gasteiger charge is 2.12. The van der Waals surface area contributed by atoms with Gasteiger partial charge in [0.15, 0.2) is 6.61 Å². The Morgan fingerprint density at radius 2 is 1.69 bits per heavy atom. The first-order valence-electron chi connectivity index (χ1n) is 7.92. The molecule has 0 aliphatic rings. The van der Waals surface area contributed by atoms with Gasteiger partial charge < -0.3 is 15.4 Å². The Kier molecular flexibility index (Phi) is 6.43. The van der Waals surface area contributed by atoms with Crippen LogP contribution < -0.4 is 10.6 Å². The molecule has 2 N–H and O–H groups in total. The Morgan fingerprint density at radius 3 is 2.35 bits per heavy atom. The second-order valence-electron chi connectivity index (χ2n) is 5.67. The number of para-hydroxylation sites is 1. The first kappa shape index (κ1) is 19.1. The third-order valence-electron chi connectivity index (χ3n) is 3.59. The lowest BCUT2D eigenvalue weighted by molar-refractivity contribution is -0.146. The standard InChI is InChI=1S/C19H19FN2O4/c1-12-5-3-6-13(2)18(12)22-16(23)11-26-17(24)10-21-19(25)14-7-4-8-15(20)9-14/h3-9H,10-11H2,1-2H3,(H,21,25)(H,22,23). The maximum Gasteiger partial charge on any atom is 0.325 e. The van der Waals surface area contributed by atoms with Gasteiger partial charge in [0.2, 0.25) is 0 Å². The molecular formula is C19H19FN2O4. The quantitative estimate of drug-likeness (QED) is 0.777. The molecule has 0 radical (unpaired) electrons. The molecule has 0 heterocycles. The molecule has 0 saturated heterocycles. The number of nitrogens with one attached hydrogen (secondary N) is 2. The van der Waals surface area contributed by atoms with Crippen molar-refractivity contribution in [1.29, 1.82) is 0 Å². The average Bonchev–Trinajstić information content (AvgIpc) is 2.61. The van der Waals surface area contributed by atoms with E-state index in [4.69, 9.17) is 4.74 Å². The molecule has 136 valence electrons. The number of esters is 1. The van der Waals surface area contributed by atoms with Gasteiger partial charge in [-0.3, -0.25) is 14.4 Å². The predicted molar refractivity (Wildman–Crippen MR) is 94.2 cm³/mol. The summed E-state index contributed by atoms with van der Waals surface area (Å²) < 4.78 is 17.9. The minimum Gasteiger partial charge on any atom is -0.454 e. The van der Waals surface area contributed by atoms with E-state index in [-0.39, 0.29) is 5.56 Å². The van der Waals surface area contributed by atoms with Crippen molar-refractivity contribution in [3.05, 3.63) is 65.0 Å². The maximum absolute atomic E-state index is 13.1. The number of carbonyl (C=O) groups is 3. The van der Waals surface area contributed by atoms with E-state index < -0.39 is 36.8 Å². The smallest absolute Gasteiger partial charge is 0.325 e. The normalized spacial score (nSPS) is 10.1. The van der Waals surface area contributed by atoms with E-state index in [1.807, 2.05) is 32.0 Å². The van der Waals surface area contributed by atoms with Crippen molar-refractivity contribution in [2.24, 2.45) is 0 Å². The van der Waals surface area contributed by atoms with Gasteiger partial charge in [0.25, 0.3) is 11.8 Å². The van der Waals surface area contributed by atoms with Crippen molar-refractivity contribution < 1.29 is 23.5 Å². The maximum atomic E-state index is 13.1. The van der Waals surface area contributed by atoms with Crippen LogP contribution in [0.4, 0.5) is 10.1 Å². The third kappa shape index (κ3) is 5.41. The Hall–Kier alpha value is -3.22. The summed E-state index contributed by atoms with van der Waals surface area (Å²) in [5.74, 6) is -2.41. The first-order valence-corrected chi connectivity index (χ1v) is 7.92. The largest absolute Gasteiger partial charge is 0.454 e. The number of amides is 2. The van der Waals surface area contributed by atoms with Crippen molar-refractivity contribution in [2.45, 2.75) is 13.8 Å². The van der Waals surface area contributed by atoms with Gasteiger partial charge in [0.05, 0.1) is 0 Å². The van der Waals surface area contributed by atoms with Gasteiger partial charge in [-0.05, 0) is 43.2 Å². The molecule has 2 aromatic rings.